The highest BCUT2D eigenvalue weighted by Crippen LogP contribution is 2.19. The van der Waals surface area contributed by atoms with Gasteiger partial charge in [-0.15, -0.1) is 12.6 Å². The number of carbonyl (C=O) groups is 1. The summed E-state index contributed by atoms with van der Waals surface area (Å²) in [5, 5.41) is -0.292. The first-order chi connectivity index (χ1) is 6.25. The highest BCUT2D eigenvalue weighted by Gasteiger charge is 2.06. The van der Waals surface area contributed by atoms with E-state index in [0.29, 0.717) is 17.9 Å². The van der Waals surface area contributed by atoms with E-state index in [9.17, 15) is 4.79 Å². The molecule has 0 spiro atoms. The lowest BCUT2D eigenvalue weighted by Crippen LogP contribution is -1.99. The van der Waals surface area contributed by atoms with Crippen LogP contribution >= 0.6 is 12.6 Å². The molecule has 0 aliphatic carbocycles. The van der Waals surface area contributed by atoms with Crippen LogP contribution in [0, 0.1) is 0 Å². The summed E-state index contributed by atoms with van der Waals surface area (Å²) in [5.41, 5.74) is 0.479. The molecule has 0 radical (unpaired) electrons. The molecule has 0 aliphatic rings. The van der Waals surface area contributed by atoms with Gasteiger partial charge in [-0.1, -0.05) is 24.8 Å². The number of hydrogen-bond acceptors (Lipinski definition) is 2. The molecule has 0 aliphatic heterocycles. The molecule has 0 saturated carbocycles. The molecule has 0 bridgehead atoms. The first kappa shape index (κ1) is 9.86. The van der Waals surface area contributed by atoms with Gasteiger partial charge in [0.15, 0.2) is 0 Å². The van der Waals surface area contributed by atoms with Crippen molar-refractivity contribution in [2.24, 2.45) is 0 Å². The maximum atomic E-state index is 11.0. The van der Waals surface area contributed by atoms with Crippen molar-refractivity contribution in [3.63, 3.8) is 0 Å². The molecule has 2 nitrogen and oxygen atoms in total. The molecule has 0 N–H and O–H groups in total. The predicted octanol–water partition coefficient (Wildman–Crippen LogP) is 2.32. The molecule has 0 amide bonds. The van der Waals surface area contributed by atoms with Gasteiger partial charge in [0.25, 0.3) is 0 Å². The zero-order valence-corrected chi connectivity index (χ0v) is 7.96. The largest absolute Gasteiger partial charge is 0.489 e. The van der Waals surface area contributed by atoms with E-state index in [1.165, 1.54) is 0 Å². The molecule has 1 aromatic carbocycles. The molecule has 13 heavy (non-hydrogen) atoms. The number of carbonyl (C=O) groups excluding carboxylic acids is 1. The van der Waals surface area contributed by atoms with Crippen molar-refractivity contribution in [1.29, 1.82) is 0 Å². The summed E-state index contributed by atoms with van der Waals surface area (Å²) in [4.78, 5) is 11.0. The van der Waals surface area contributed by atoms with Gasteiger partial charge in [0.2, 0.25) is 5.12 Å². The van der Waals surface area contributed by atoms with Crippen LogP contribution in [0.15, 0.2) is 36.9 Å². The van der Waals surface area contributed by atoms with Crippen LogP contribution in [0.4, 0.5) is 0 Å². The average molecular weight is 194 g/mol. The highest BCUT2D eigenvalue weighted by molar-refractivity contribution is 7.97. The minimum absolute atomic E-state index is 0.292. The Morgan fingerprint density at radius 3 is 2.85 bits per heavy atom. The summed E-state index contributed by atoms with van der Waals surface area (Å²) in [6.07, 6.45) is 1.62. The van der Waals surface area contributed by atoms with Crippen molar-refractivity contribution < 1.29 is 9.53 Å². The first-order valence-electron chi connectivity index (χ1n) is 3.81. The Morgan fingerprint density at radius 2 is 2.23 bits per heavy atom. The molecule has 0 aromatic heterocycles. The summed E-state index contributed by atoms with van der Waals surface area (Å²) in [6, 6.07) is 6.98. The summed E-state index contributed by atoms with van der Waals surface area (Å²) < 4.78 is 5.26. The van der Waals surface area contributed by atoms with Crippen molar-refractivity contribution in [3.05, 3.63) is 42.5 Å². The number of rotatable bonds is 4. The van der Waals surface area contributed by atoms with E-state index >= 15 is 0 Å². The molecule has 1 aromatic rings. The topological polar surface area (TPSA) is 26.3 Å². The van der Waals surface area contributed by atoms with E-state index in [2.05, 4.69) is 19.2 Å². The summed E-state index contributed by atoms with van der Waals surface area (Å²) in [7, 11) is 0. The number of para-hydroxylation sites is 1. The smallest absolute Gasteiger partial charge is 0.220 e. The second-order valence-corrected chi connectivity index (χ2v) is 2.81. The summed E-state index contributed by atoms with van der Waals surface area (Å²) in [5.74, 6) is 0.544. The Labute approximate surface area is 82.6 Å². The van der Waals surface area contributed by atoms with Gasteiger partial charge in [-0.2, -0.15) is 0 Å². The lowest BCUT2D eigenvalue weighted by molar-refractivity contribution is 0.108. The van der Waals surface area contributed by atoms with Crippen molar-refractivity contribution in [2.75, 3.05) is 6.61 Å². The zero-order chi connectivity index (χ0) is 9.68. The fourth-order valence-corrected chi connectivity index (χ4v) is 1.10. The van der Waals surface area contributed by atoms with Crippen LogP contribution in [0.3, 0.4) is 0 Å². The Balaban J connectivity index is 2.90. The van der Waals surface area contributed by atoms with Gasteiger partial charge in [-0.3, -0.25) is 4.79 Å². The van der Waals surface area contributed by atoms with Gasteiger partial charge >= 0.3 is 0 Å². The third-order valence-electron chi connectivity index (χ3n) is 1.47. The standard InChI is InChI=1S/C10H10O2S/c1-2-7-12-9-6-4-3-5-8(9)10(11)13/h2-6H,1,7H2,(H,11,13). The van der Waals surface area contributed by atoms with Gasteiger partial charge in [-0.05, 0) is 12.1 Å². The third kappa shape index (κ3) is 2.63. The number of hydrogen-bond donors (Lipinski definition) is 1. The number of thiol groups is 1. The Morgan fingerprint density at radius 1 is 1.54 bits per heavy atom. The van der Waals surface area contributed by atoms with Gasteiger partial charge in [-0.25, -0.2) is 0 Å². The van der Waals surface area contributed by atoms with E-state index in [1.54, 1.807) is 30.3 Å². The van der Waals surface area contributed by atoms with Crippen LogP contribution in [0.5, 0.6) is 5.75 Å². The van der Waals surface area contributed by atoms with Crippen LogP contribution < -0.4 is 4.74 Å². The van der Waals surface area contributed by atoms with E-state index in [1.807, 2.05) is 0 Å². The fraction of sp³-hybridized carbons (Fsp3) is 0.100. The fourth-order valence-electron chi connectivity index (χ4n) is 0.918. The van der Waals surface area contributed by atoms with E-state index in [-0.39, 0.29) is 5.12 Å². The quantitative estimate of drug-likeness (QED) is 0.588. The normalized spacial score (nSPS) is 9.31. The summed E-state index contributed by atoms with van der Waals surface area (Å²) >= 11 is 3.73. The molecule has 1 rings (SSSR count). The van der Waals surface area contributed by atoms with E-state index in [0.717, 1.165) is 0 Å². The molecule has 0 fully saturated rings. The lowest BCUT2D eigenvalue weighted by Gasteiger charge is -2.06. The molecule has 0 atom stereocenters. The highest BCUT2D eigenvalue weighted by atomic mass is 32.1. The molecule has 0 heterocycles. The van der Waals surface area contributed by atoms with Crippen molar-refractivity contribution >= 4 is 17.7 Å². The Hall–Kier alpha value is -1.22. The second kappa shape index (κ2) is 4.72. The van der Waals surface area contributed by atoms with Crippen molar-refractivity contribution in [2.45, 2.75) is 0 Å². The summed E-state index contributed by atoms with van der Waals surface area (Å²) in [6.45, 7) is 3.91. The van der Waals surface area contributed by atoms with Crippen molar-refractivity contribution in [1.82, 2.24) is 0 Å². The monoisotopic (exact) mass is 194 g/mol. The van der Waals surface area contributed by atoms with Gasteiger partial charge in [0.1, 0.15) is 12.4 Å². The molecular weight excluding hydrogens is 184 g/mol. The molecule has 3 heteroatoms. The first-order valence-corrected chi connectivity index (χ1v) is 4.26. The van der Waals surface area contributed by atoms with Crippen LogP contribution in [0.2, 0.25) is 0 Å². The maximum Gasteiger partial charge on any atom is 0.220 e. The number of benzene rings is 1. The maximum absolute atomic E-state index is 11.0. The van der Waals surface area contributed by atoms with Gasteiger partial charge < -0.3 is 4.74 Å². The zero-order valence-electron chi connectivity index (χ0n) is 7.06. The molecule has 0 saturated heterocycles. The van der Waals surface area contributed by atoms with Gasteiger partial charge in [0.05, 0.1) is 5.56 Å². The SMILES string of the molecule is C=CCOc1ccccc1C(=O)S. The molecular formula is C10H10O2S. The van der Waals surface area contributed by atoms with Gasteiger partial charge in [0, 0.05) is 0 Å². The van der Waals surface area contributed by atoms with Crippen LogP contribution in [0.25, 0.3) is 0 Å². The second-order valence-electron chi connectivity index (χ2n) is 2.40. The Kier molecular flexibility index (Phi) is 3.58. The number of ether oxygens (including phenoxy) is 1. The Bertz CT molecular complexity index is 320. The molecule has 68 valence electrons. The third-order valence-corrected chi connectivity index (χ3v) is 1.72. The average Bonchev–Trinajstić information content (AvgIpc) is 2.15. The lowest BCUT2D eigenvalue weighted by atomic mass is 10.2. The van der Waals surface area contributed by atoms with Crippen LogP contribution in [-0.4, -0.2) is 11.7 Å². The molecule has 0 unspecified atom stereocenters. The van der Waals surface area contributed by atoms with E-state index < -0.39 is 0 Å². The van der Waals surface area contributed by atoms with Crippen LogP contribution in [-0.2, 0) is 0 Å². The van der Waals surface area contributed by atoms with Crippen LogP contribution in [0.1, 0.15) is 10.4 Å². The van der Waals surface area contributed by atoms with Crippen molar-refractivity contribution in [3.8, 4) is 5.75 Å². The van der Waals surface area contributed by atoms with E-state index in [4.69, 9.17) is 4.74 Å². The minimum Gasteiger partial charge on any atom is -0.489 e. The predicted molar refractivity (Wildman–Crippen MR) is 55.5 cm³/mol. The minimum atomic E-state index is -0.292.